The average molecular weight is 296 g/mol. The summed E-state index contributed by atoms with van der Waals surface area (Å²) >= 11 is 0. The lowest BCUT2D eigenvalue weighted by Gasteiger charge is -2.31. The van der Waals surface area contributed by atoms with Crippen molar-refractivity contribution in [2.24, 2.45) is 0 Å². The zero-order chi connectivity index (χ0) is 15.5. The maximum Gasteiger partial charge on any atom is 0.356 e. The van der Waals surface area contributed by atoms with Crippen molar-refractivity contribution in [3.63, 3.8) is 0 Å². The molecule has 1 aliphatic carbocycles. The zero-order valence-corrected chi connectivity index (χ0v) is 13.0. The molecule has 2 heterocycles. The molecule has 0 amide bonds. The van der Waals surface area contributed by atoms with E-state index in [2.05, 4.69) is 12.0 Å². The Labute approximate surface area is 125 Å². The highest BCUT2D eigenvalue weighted by atomic mass is 16.7. The summed E-state index contributed by atoms with van der Waals surface area (Å²) < 4.78 is 13.2. The fraction of sp³-hybridized carbons (Fsp3) is 0.733. The molecule has 6 nitrogen and oxygen atoms in total. The molecule has 1 fully saturated rings. The summed E-state index contributed by atoms with van der Waals surface area (Å²) in [4.78, 5) is 11.3. The van der Waals surface area contributed by atoms with Gasteiger partial charge in [-0.15, -0.1) is 0 Å². The summed E-state index contributed by atoms with van der Waals surface area (Å²) in [6.07, 6.45) is 2.96. The molecule has 1 aromatic rings. The molecule has 0 radical (unpaired) electrons. The summed E-state index contributed by atoms with van der Waals surface area (Å²) in [5.41, 5.74) is 1.97. The van der Waals surface area contributed by atoms with Gasteiger partial charge in [0, 0.05) is 30.6 Å². The number of carboxylic acid groups (broad SMARTS) is 1. The van der Waals surface area contributed by atoms with Crippen molar-refractivity contribution in [2.45, 2.75) is 58.8 Å². The molecule has 0 saturated carbocycles. The maximum atomic E-state index is 11.3. The molecule has 0 bridgehead atoms. The highest BCUT2D eigenvalue weighted by molar-refractivity contribution is 5.87. The van der Waals surface area contributed by atoms with E-state index in [1.54, 1.807) is 0 Å². The van der Waals surface area contributed by atoms with Crippen LogP contribution >= 0.6 is 0 Å². The number of carboxylic acids is 1. The summed E-state index contributed by atoms with van der Waals surface area (Å²) in [6.45, 7) is 7.98. The number of aryl methyl sites for hydroxylation is 1. The van der Waals surface area contributed by atoms with Gasteiger partial charge in [0.1, 0.15) is 0 Å². The van der Waals surface area contributed by atoms with E-state index in [0.29, 0.717) is 19.6 Å². The third-order valence-corrected chi connectivity index (χ3v) is 3.81. The normalized spacial score (nSPS) is 19.0. The molecule has 6 heteroatoms. The lowest BCUT2D eigenvalue weighted by Crippen LogP contribution is -2.37. The lowest BCUT2D eigenvalue weighted by atomic mass is 9.90. The van der Waals surface area contributed by atoms with Gasteiger partial charge in [-0.05, 0) is 12.8 Å². The van der Waals surface area contributed by atoms with Crippen molar-refractivity contribution in [1.82, 2.24) is 9.78 Å². The molecular weight excluding hydrogens is 272 g/mol. The van der Waals surface area contributed by atoms with E-state index in [-0.39, 0.29) is 5.69 Å². The van der Waals surface area contributed by atoms with E-state index in [1.165, 1.54) is 0 Å². The first-order chi connectivity index (χ1) is 10.2. The molecule has 1 saturated heterocycles. The van der Waals surface area contributed by atoms with E-state index in [0.717, 1.165) is 37.1 Å². The molecule has 21 heavy (non-hydrogen) atoms. The quantitative estimate of drug-likeness (QED) is 0.926. The van der Waals surface area contributed by atoms with Gasteiger partial charge in [-0.25, -0.2) is 4.79 Å². The van der Waals surface area contributed by atoms with Gasteiger partial charge in [0.25, 0.3) is 0 Å². The second-order valence-corrected chi connectivity index (χ2v) is 5.09. The van der Waals surface area contributed by atoms with E-state index < -0.39 is 11.8 Å². The number of hydrogen-bond donors (Lipinski definition) is 1. The monoisotopic (exact) mass is 296 g/mol. The molecule has 0 atom stereocenters. The van der Waals surface area contributed by atoms with Gasteiger partial charge in [0.05, 0.1) is 13.2 Å². The number of nitrogens with zero attached hydrogens (tertiary/aromatic N) is 2. The predicted octanol–water partition coefficient (Wildman–Crippen LogP) is 2.25. The van der Waals surface area contributed by atoms with Crippen LogP contribution in [0.25, 0.3) is 0 Å². The van der Waals surface area contributed by atoms with Crippen molar-refractivity contribution in [3.05, 3.63) is 17.0 Å². The molecule has 2 aliphatic rings. The minimum atomic E-state index is -0.971. The summed E-state index contributed by atoms with van der Waals surface area (Å²) in [5.74, 6) is -1.58. The maximum absolute atomic E-state index is 11.3. The number of ether oxygens (including phenoxy) is 2. The topological polar surface area (TPSA) is 73.6 Å². The highest BCUT2D eigenvalue weighted by Gasteiger charge is 2.43. The van der Waals surface area contributed by atoms with Crippen LogP contribution in [0.1, 0.15) is 55.4 Å². The van der Waals surface area contributed by atoms with Crippen LogP contribution in [-0.2, 0) is 28.9 Å². The van der Waals surface area contributed by atoms with Crippen molar-refractivity contribution in [1.29, 1.82) is 0 Å². The van der Waals surface area contributed by atoms with Crippen LogP contribution in [0.15, 0.2) is 0 Å². The van der Waals surface area contributed by atoms with Gasteiger partial charge < -0.3 is 14.6 Å². The number of aromatic nitrogens is 2. The highest BCUT2D eigenvalue weighted by Crippen LogP contribution is 2.36. The number of fused-ring (bicyclic) bond motifs is 1. The number of carbonyl (C=O) groups is 1. The Morgan fingerprint density at radius 1 is 1.38 bits per heavy atom. The van der Waals surface area contributed by atoms with Gasteiger partial charge >= 0.3 is 5.97 Å². The van der Waals surface area contributed by atoms with Crippen LogP contribution in [0.2, 0.25) is 0 Å². The van der Waals surface area contributed by atoms with Crippen molar-refractivity contribution in [2.75, 3.05) is 13.2 Å². The molecule has 1 spiro atoms. The van der Waals surface area contributed by atoms with Gasteiger partial charge in [0.15, 0.2) is 11.5 Å². The fourth-order valence-electron chi connectivity index (χ4n) is 2.98. The van der Waals surface area contributed by atoms with Crippen molar-refractivity contribution < 1.29 is 19.4 Å². The third-order valence-electron chi connectivity index (χ3n) is 3.81. The van der Waals surface area contributed by atoms with E-state index >= 15 is 0 Å². The van der Waals surface area contributed by atoms with E-state index in [4.69, 9.17) is 9.47 Å². The SMILES string of the molecule is CC.CCCn1nc(C(=O)O)c2c1CCC1(C2)OCCO1. The molecule has 118 valence electrons. The second-order valence-electron chi connectivity index (χ2n) is 5.09. The molecule has 1 aromatic heterocycles. The molecule has 3 rings (SSSR count). The first-order valence-corrected chi connectivity index (χ1v) is 7.75. The second kappa shape index (κ2) is 6.58. The van der Waals surface area contributed by atoms with Gasteiger partial charge in [-0.1, -0.05) is 20.8 Å². The van der Waals surface area contributed by atoms with Crippen molar-refractivity contribution >= 4 is 5.97 Å². The Morgan fingerprint density at radius 3 is 2.62 bits per heavy atom. The number of rotatable bonds is 3. The molecule has 1 N–H and O–H groups in total. The van der Waals surface area contributed by atoms with Crippen LogP contribution < -0.4 is 0 Å². The standard InChI is InChI=1S/C13H18N2O4.C2H6/c1-2-5-15-10-3-4-13(18-6-7-19-13)8-9(10)11(14-15)12(16)17;1-2/h2-8H2,1H3,(H,16,17);1-2H3. The summed E-state index contributed by atoms with van der Waals surface area (Å²) in [5, 5.41) is 13.5. The number of hydrogen-bond acceptors (Lipinski definition) is 4. The fourth-order valence-corrected chi connectivity index (χ4v) is 2.98. The third kappa shape index (κ3) is 2.96. The van der Waals surface area contributed by atoms with Crippen LogP contribution in [0.3, 0.4) is 0 Å². The minimum absolute atomic E-state index is 0.154. The Balaban J connectivity index is 0.000000774. The average Bonchev–Trinajstić information content (AvgIpc) is 3.07. The summed E-state index contributed by atoms with van der Waals surface area (Å²) in [7, 11) is 0. The Kier molecular flexibility index (Phi) is 5.00. The van der Waals surface area contributed by atoms with E-state index in [1.807, 2.05) is 18.5 Å². The predicted molar refractivity (Wildman–Crippen MR) is 77.5 cm³/mol. The smallest absolute Gasteiger partial charge is 0.356 e. The van der Waals surface area contributed by atoms with Crippen LogP contribution in [0, 0.1) is 0 Å². The largest absolute Gasteiger partial charge is 0.476 e. The van der Waals surface area contributed by atoms with E-state index in [9.17, 15) is 9.90 Å². The van der Waals surface area contributed by atoms with Crippen LogP contribution in [-0.4, -0.2) is 39.9 Å². The Bertz CT molecular complexity index is 504. The Hall–Kier alpha value is -1.40. The zero-order valence-electron chi connectivity index (χ0n) is 13.0. The summed E-state index contributed by atoms with van der Waals surface area (Å²) in [6, 6.07) is 0. The first kappa shape index (κ1) is 16.0. The van der Waals surface area contributed by atoms with Gasteiger partial charge in [-0.2, -0.15) is 5.10 Å². The molecule has 0 unspecified atom stereocenters. The number of aromatic carboxylic acids is 1. The lowest BCUT2D eigenvalue weighted by molar-refractivity contribution is -0.164. The molecular formula is C15H24N2O4. The van der Waals surface area contributed by atoms with Gasteiger partial charge in [-0.3, -0.25) is 4.68 Å². The van der Waals surface area contributed by atoms with Crippen molar-refractivity contribution in [3.8, 4) is 0 Å². The minimum Gasteiger partial charge on any atom is -0.476 e. The molecule has 1 aliphatic heterocycles. The first-order valence-electron chi connectivity index (χ1n) is 7.75. The van der Waals surface area contributed by atoms with Gasteiger partial charge in [0.2, 0.25) is 0 Å². The molecule has 0 aromatic carbocycles. The van der Waals surface area contributed by atoms with Crippen LogP contribution in [0.5, 0.6) is 0 Å². The van der Waals surface area contributed by atoms with Crippen LogP contribution in [0.4, 0.5) is 0 Å². The Morgan fingerprint density at radius 2 is 2.05 bits per heavy atom.